The first-order valence-corrected chi connectivity index (χ1v) is 11.1. The van der Waals surface area contributed by atoms with Crippen LogP contribution in [0.25, 0.3) is 0 Å². The maximum Gasteiger partial charge on any atom is 0.115 e. The molecule has 3 heteroatoms. The third-order valence-electron chi connectivity index (χ3n) is 6.84. The van der Waals surface area contributed by atoms with E-state index in [2.05, 4.69) is 35.6 Å². The van der Waals surface area contributed by atoms with Crippen molar-refractivity contribution in [3.05, 3.63) is 64.7 Å². The van der Waals surface area contributed by atoms with Gasteiger partial charge in [-0.05, 0) is 79.0 Å². The number of aryl methyl sites for hydroxylation is 1. The first-order chi connectivity index (χ1) is 13.7. The zero-order valence-electron chi connectivity index (χ0n) is 16.9. The fourth-order valence-corrected chi connectivity index (χ4v) is 5.17. The molecule has 0 radical (unpaired) electrons. The molecule has 2 unspecified atom stereocenters. The Balaban J connectivity index is 1.52. The van der Waals surface area contributed by atoms with E-state index in [9.17, 15) is 5.11 Å². The lowest BCUT2D eigenvalue weighted by atomic mass is 9.75. The fourth-order valence-electron chi connectivity index (χ4n) is 5.17. The second kappa shape index (κ2) is 9.11. The number of nitrogens with one attached hydrogen (secondary N) is 1. The van der Waals surface area contributed by atoms with Crippen molar-refractivity contribution >= 4 is 0 Å². The van der Waals surface area contributed by atoms with E-state index < -0.39 is 0 Å². The molecule has 0 aromatic heterocycles. The number of rotatable bonds is 6. The van der Waals surface area contributed by atoms with Crippen LogP contribution >= 0.6 is 0 Å². The van der Waals surface area contributed by atoms with Crippen molar-refractivity contribution in [2.24, 2.45) is 11.7 Å². The van der Waals surface area contributed by atoms with Gasteiger partial charge in [-0.3, -0.25) is 0 Å². The van der Waals surface area contributed by atoms with Gasteiger partial charge in [-0.1, -0.05) is 49.6 Å². The Morgan fingerprint density at radius 1 is 0.929 bits per heavy atom. The fraction of sp³-hybridized carbons (Fsp3) is 0.520. The summed E-state index contributed by atoms with van der Waals surface area (Å²) in [7, 11) is 0. The topological polar surface area (TPSA) is 58.3 Å². The molecule has 0 saturated heterocycles. The number of phenolic OH excluding ortho intramolecular Hbond substituents is 1. The predicted molar refractivity (Wildman–Crippen MR) is 116 cm³/mol. The first-order valence-electron chi connectivity index (χ1n) is 11.1. The molecule has 2 aliphatic rings. The Morgan fingerprint density at radius 3 is 2.43 bits per heavy atom. The van der Waals surface area contributed by atoms with Crippen molar-refractivity contribution in [2.75, 3.05) is 6.54 Å². The predicted octanol–water partition coefficient (Wildman–Crippen LogP) is 4.66. The summed E-state index contributed by atoms with van der Waals surface area (Å²) < 4.78 is 0. The Kier molecular flexibility index (Phi) is 6.33. The van der Waals surface area contributed by atoms with Crippen molar-refractivity contribution < 1.29 is 5.11 Å². The van der Waals surface area contributed by atoms with Gasteiger partial charge in [0.2, 0.25) is 0 Å². The minimum atomic E-state index is 0.387. The molecule has 2 aliphatic carbocycles. The number of nitrogens with two attached hydrogens (primary N) is 1. The highest BCUT2D eigenvalue weighted by Crippen LogP contribution is 2.36. The van der Waals surface area contributed by atoms with E-state index in [-0.39, 0.29) is 0 Å². The highest BCUT2D eigenvalue weighted by molar-refractivity contribution is 5.41. The van der Waals surface area contributed by atoms with Crippen LogP contribution in [0, 0.1) is 5.92 Å². The number of aromatic hydroxyl groups is 1. The van der Waals surface area contributed by atoms with Gasteiger partial charge in [-0.15, -0.1) is 0 Å². The van der Waals surface area contributed by atoms with E-state index in [4.69, 9.17) is 5.73 Å². The molecule has 2 aromatic carbocycles. The number of benzene rings is 2. The van der Waals surface area contributed by atoms with Crippen LogP contribution in [0.1, 0.15) is 66.7 Å². The number of fused-ring (bicyclic) bond motifs is 1. The minimum Gasteiger partial charge on any atom is -0.508 e. The molecule has 4 rings (SSSR count). The summed E-state index contributed by atoms with van der Waals surface area (Å²) in [6.07, 6.45) is 10.2. The van der Waals surface area contributed by atoms with Gasteiger partial charge >= 0.3 is 0 Å². The van der Waals surface area contributed by atoms with E-state index in [1.807, 2.05) is 12.1 Å². The van der Waals surface area contributed by atoms with Gasteiger partial charge in [-0.25, -0.2) is 0 Å². The molecule has 0 bridgehead atoms. The molecule has 150 valence electrons. The molecule has 0 amide bonds. The molecule has 28 heavy (non-hydrogen) atoms. The van der Waals surface area contributed by atoms with Gasteiger partial charge in [-0.2, -0.15) is 0 Å². The normalized spacial score (nSPS) is 22.8. The van der Waals surface area contributed by atoms with E-state index >= 15 is 0 Å². The second-order valence-electron chi connectivity index (χ2n) is 8.77. The van der Waals surface area contributed by atoms with Gasteiger partial charge in [0.05, 0.1) is 0 Å². The van der Waals surface area contributed by atoms with Crippen molar-refractivity contribution in [3.8, 4) is 5.75 Å². The summed E-state index contributed by atoms with van der Waals surface area (Å²) in [4.78, 5) is 0. The van der Waals surface area contributed by atoms with E-state index in [0.717, 1.165) is 31.7 Å². The Labute approximate surface area is 169 Å². The average Bonchev–Trinajstić information content (AvgIpc) is 2.74. The highest BCUT2D eigenvalue weighted by atomic mass is 16.3. The molecule has 4 N–H and O–H groups in total. The Hall–Kier alpha value is -1.84. The van der Waals surface area contributed by atoms with E-state index in [1.54, 1.807) is 0 Å². The molecule has 0 aliphatic heterocycles. The summed E-state index contributed by atoms with van der Waals surface area (Å²) in [5, 5.41) is 13.9. The smallest absolute Gasteiger partial charge is 0.115 e. The molecule has 2 aromatic rings. The molecule has 1 fully saturated rings. The van der Waals surface area contributed by atoms with Crippen LogP contribution in [0.2, 0.25) is 0 Å². The van der Waals surface area contributed by atoms with Crippen LogP contribution in [0.5, 0.6) is 5.75 Å². The molecular weight excluding hydrogens is 344 g/mol. The monoisotopic (exact) mass is 378 g/mol. The van der Waals surface area contributed by atoms with Crippen molar-refractivity contribution in [1.82, 2.24) is 5.32 Å². The van der Waals surface area contributed by atoms with Crippen LogP contribution in [0.3, 0.4) is 0 Å². The summed E-state index contributed by atoms with van der Waals surface area (Å²) in [6, 6.07) is 15.3. The van der Waals surface area contributed by atoms with Crippen LogP contribution in [0.15, 0.2) is 42.5 Å². The quantitative estimate of drug-likeness (QED) is 0.685. The number of phenols is 1. The lowest BCUT2D eigenvalue weighted by molar-refractivity contribution is 0.301. The zero-order valence-corrected chi connectivity index (χ0v) is 16.9. The highest BCUT2D eigenvalue weighted by Gasteiger charge is 2.30. The van der Waals surface area contributed by atoms with Gasteiger partial charge < -0.3 is 16.2 Å². The molecule has 3 nitrogen and oxygen atoms in total. The third kappa shape index (κ3) is 4.59. The van der Waals surface area contributed by atoms with Crippen LogP contribution < -0.4 is 11.1 Å². The summed E-state index contributed by atoms with van der Waals surface area (Å²) >= 11 is 0. The SMILES string of the molecule is NCc1ccc(CC2c3ccc(O)cc3CCC2NCC2CCCCC2)cc1. The molecule has 2 atom stereocenters. The first kappa shape index (κ1) is 19.5. The lowest BCUT2D eigenvalue weighted by Gasteiger charge is -2.36. The molecule has 1 saturated carbocycles. The Bertz CT molecular complexity index is 765. The van der Waals surface area contributed by atoms with E-state index in [1.165, 1.54) is 54.4 Å². The van der Waals surface area contributed by atoms with Gasteiger partial charge in [0.15, 0.2) is 0 Å². The maximum absolute atomic E-state index is 9.93. The maximum atomic E-state index is 9.93. The molecular formula is C25H34N2O. The van der Waals surface area contributed by atoms with Crippen molar-refractivity contribution in [2.45, 2.75) is 69.9 Å². The van der Waals surface area contributed by atoms with Gasteiger partial charge in [0.25, 0.3) is 0 Å². The summed E-state index contributed by atoms with van der Waals surface area (Å²) in [5.74, 6) is 1.69. The lowest BCUT2D eigenvalue weighted by Crippen LogP contribution is -2.41. The number of hydrogen-bond acceptors (Lipinski definition) is 3. The Morgan fingerprint density at radius 2 is 1.68 bits per heavy atom. The van der Waals surface area contributed by atoms with Crippen molar-refractivity contribution in [3.63, 3.8) is 0 Å². The number of hydrogen-bond donors (Lipinski definition) is 3. The third-order valence-corrected chi connectivity index (χ3v) is 6.84. The summed E-state index contributed by atoms with van der Waals surface area (Å²) in [6.45, 7) is 1.75. The zero-order chi connectivity index (χ0) is 19.3. The molecule has 0 spiro atoms. The van der Waals surface area contributed by atoms with Crippen LogP contribution in [-0.4, -0.2) is 17.7 Å². The van der Waals surface area contributed by atoms with Gasteiger partial charge in [0.1, 0.15) is 5.75 Å². The average molecular weight is 379 g/mol. The minimum absolute atomic E-state index is 0.387. The summed E-state index contributed by atoms with van der Waals surface area (Å²) in [5.41, 5.74) is 11.0. The van der Waals surface area contributed by atoms with Crippen LogP contribution in [0.4, 0.5) is 0 Å². The second-order valence-corrected chi connectivity index (χ2v) is 8.77. The standard InChI is InChI=1S/C25H34N2O/c26-16-19-8-6-18(7-9-19)14-24-23-12-11-22(28)15-21(23)10-13-25(24)27-17-20-4-2-1-3-5-20/h6-9,11-12,15,20,24-25,27-28H,1-5,10,13-14,16-17,26H2. The molecule has 0 heterocycles. The van der Waals surface area contributed by atoms with Crippen molar-refractivity contribution in [1.29, 1.82) is 0 Å². The van der Waals surface area contributed by atoms with Gasteiger partial charge in [0, 0.05) is 18.5 Å². The van der Waals surface area contributed by atoms with Crippen LogP contribution in [-0.2, 0) is 19.4 Å². The largest absolute Gasteiger partial charge is 0.508 e. The van der Waals surface area contributed by atoms with E-state index in [0.29, 0.717) is 24.3 Å².